The monoisotopic (exact) mass is 361 g/mol. The van der Waals surface area contributed by atoms with Crippen molar-refractivity contribution in [3.8, 4) is 11.3 Å². The number of halogens is 1. The van der Waals surface area contributed by atoms with Gasteiger partial charge in [0.25, 0.3) is 0 Å². The molecule has 2 aromatic carbocycles. The summed E-state index contributed by atoms with van der Waals surface area (Å²) in [5.74, 6) is 0.279. The van der Waals surface area contributed by atoms with E-state index in [0.717, 1.165) is 0 Å². The van der Waals surface area contributed by atoms with Gasteiger partial charge in [0.15, 0.2) is 0 Å². The average Bonchev–Trinajstić information content (AvgIpc) is 3.07. The topological polar surface area (TPSA) is 63.4 Å². The predicted octanol–water partition coefficient (Wildman–Crippen LogP) is 3.23. The van der Waals surface area contributed by atoms with Gasteiger partial charge in [-0.15, -0.1) is 0 Å². The minimum Gasteiger partial charge on any atom is -0.347 e. The summed E-state index contributed by atoms with van der Waals surface area (Å²) in [6.45, 7) is 0. The zero-order valence-corrected chi connectivity index (χ0v) is 14.8. The van der Waals surface area contributed by atoms with Gasteiger partial charge in [0.2, 0.25) is 17.5 Å². The molecule has 2 heterocycles. The SMILES string of the molecule is CN(C)c1ncn2c(C(=O)c3ccccc3)c(-c3ccc(F)cc3)nc2n1. The Morgan fingerprint density at radius 2 is 1.70 bits per heavy atom. The molecule has 0 aliphatic heterocycles. The fraction of sp³-hybridized carbons (Fsp3) is 0.100. The molecule has 7 heteroatoms. The lowest BCUT2D eigenvalue weighted by Crippen LogP contribution is -2.14. The van der Waals surface area contributed by atoms with Crippen LogP contribution >= 0.6 is 0 Å². The molecule has 134 valence electrons. The zero-order valence-electron chi connectivity index (χ0n) is 14.8. The Kier molecular flexibility index (Phi) is 4.12. The standard InChI is InChI=1S/C20H16FN5O/c1-25(2)19-22-12-26-17(18(27)14-6-4-3-5-7-14)16(23-20(26)24-19)13-8-10-15(21)11-9-13/h3-12H,1-2H3. The smallest absolute Gasteiger partial charge is 0.239 e. The fourth-order valence-corrected chi connectivity index (χ4v) is 2.80. The average molecular weight is 361 g/mol. The summed E-state index contributed by atoms with van der Waals surface area (Å²) in [7, 11) is 3.65. The number of hydrogen-bond donors (Lipinski definition) is 0. The van der Waals surface area contributed by atoms with Crippen LogP contribution < -0.4 is 4.90 Å². The Morgan fingerprint density at radius 3 is 2.37 bits per heavy atom. The van der Waals surface area contributed by atoms with Crippen molar-refractivity contribution in [3.05, 3.63) is 78.0 Å². The summed E-state index contributed by atoms with van der Waals surface area (Å²) in [5, 5.41) is 0. The molecular weight excluding hydrogens is 345 g/mol. The number of ketones is 1. The second-order valence-corrected chi connectivity index (χ2v) is 6.23. The van der Waals surface area contributed by atoms with E-state index < -0.39 is 0 Å². The van der Waals surface area contributed by atoms with Crippen LogP contribution in [0.25, 0.3) is 17.0 Å². The molecule has 4 rings (SSSR count). The van der Waals surface area contributed by atoms with Crippen molar-refractivity contribution in [1.29, 1.82) is 0 Å². The number of aromatic nitrogens is 4. The summed E-state index contributed by atoms with van der Waals surface area (Å²) in [6, 6.07) is 14.8. The molecule has 0 aliphatic carbocycles. The molecule has 2 aromatic heterocycles. The van der Waals surface area contributed by atoms with E-state index in [2.05, 4.69) is 15.0 Å². The van der Waals surface area contributed by atoms with E-state index in [0.29, 0.717) is 34.2 Å². The van der Waals surface area contributed by atoms with E-state index in [-0.39, 0.29) is 11.6 Å². The molecule has 0 N–H and O–H groups in total. The molecule has 0 bridgehead atoms. The fourth-order valence-electron chi connectivity index (χ4n) is 2.80. The Hall–Kier alpha value is -3.61. The minimum absolute atomic E-state index is 0.205. The number of carbonyl (C=O) groups is 1. The highest BCUT2D eigenvalue weighted by Crippen LogP contribution is 2.26. The van der Waals surface area contributed by atoms with Crippen LogP contribution in [0.3, 0.4) is 0 Å². The molecule has 0 saturated carbocycles. The number of fused-ring (bicyclic) bond motifs is 1. The van der Waals surface area contributed by atoms with Crippen molar-refractivity contribution < 1.29 is 9.18 Å². The Morgan fingerprint density at radius 1 is 1.00 bits per heavy atom. The summed E-state index contributed by atoms with van der Waals surface area (Å²) in [5.41, 5.74) is 1.94. The number of imidazole rings is 1. The lowest BCUT2D eigenvalue weighted by Gasteiger charge is -2.09. The maximum absolute atomic E-state index is 13.4. The van der Waals surface area contributed by atoms with Gasteiger partial charge >= 0.3 is 0 Å². The quantitative estimate of drug-likeness (QED) is 0.522. The third-order valence-corrected chi connectivity index (χ3v) is 4.15. The second kappa shape index (κ2) is 6.60. The number of anilines is 1. The number of carbonyl (C=O) groups excluding carboxylic acids is 1. The second-order valence-electron chi connectivity index (χ2n) is 6.23. The maximum Gasteiger partial charge on any atom is 0.239 e. The molecule has 0 aliphatic rings. The van der Waals surface area contributed by atoms with Gasteiger partial charge in [-0.2, -0.15) is 4.98 Å². The summed E-state index contributed by atoms with van der Waals surface area (Å²) < 4.78 is 14.9. The number of benzene rings is 2. The van der Waals surface area contributed by atoms with Crippen molar-refractivity contribution in [2.24, 2.45) is 0 Å². The molecule has 0 spiro atoms. The van der Waals surface area contributed by atoms with Gasteiger partial charge in [-0.3, -0.25) is 9.20 Å². The van der Waals surface area contributed by atoms with Crippen molar-refractivity contribution in [1.82, 2.24) is 19.4 Å². The molecule has 4 aromatic rings. The molecule has 27 heavy (non-hydrogen) atoms. The third-order valence-electron chi connectivity index (χ3n) is 4.15. The van der Waals surface area contributed by atoms with Gasteiger partial charge in [-0.25, -0.2) is 14.4 Å². The number of rotatable bonds is 4. The van der Waals surface area contributed by atoms with Crippen LogP contribution in [0, 0.1) is 5.82 Å². The largest absolute Gasteiger partial charge is 0.347 e. The first-order valence-corrected chi connectivity index (χ1v) is 8.32. The number of hydrogen-bond acceptors (Lipinski definition) is 5. The van der Waals surface area contributed by atoms with E-state index in [1.54, 1.807) is 45.7 Å². The van der Waals surface area contributed by atoms with Crippen LogP contribution in [0.5, 0.6) is 0 Å². The van der Waals surface area contributed by atoms with Gasteiger partial charge in [0.05, 0.1) is 0 Å². The molecule has 0 unspecified atom stereocenters. The van der Waals surface area contributed by atoms with Gasteiger partial charge in [0.1, 0.15) is 23.5 Å². The molecule has 0 fully saturated rings. The molecule has 6 nitrogen and oxygen atoms in total. The van der Waals surface area contributed by atoms with E-state index in [1.165, 1.54) is 18.5 Å². The highest BCUT2D eigenvalue weighted by atomic mass is 19.1. The molecular formula is C20H16FN5O. The van der Waals surface area contributed by atoms with Crippen LogP contribution in [0.2, 0.25) is 0 Å². The van der Waals surface area contributed by atoms with E-state index in [1.807, 2.05) is 20.2 Å². The normalized spacial score (nSPS) is 10.9. The first-order chi connectivity index (χ1) is 13.0. The van der Waals surface area contributed by atoms with Crippen LogP contribution in [-0.2, 0) is 0 Å². The van der Waals surface area contributed by atoms with Crippen molar-refractivity contribution in [2.75, 3.05) is 19.0 Å². The molecule has 0 amide bonds. The lowest BCUT2D eigenvalue weighted by atomic mass is 10.0. The lowest BCUT2D eigenvalue weighted by molar-refractivity contribution is 0.103. The first-order valence-electron chi connectivity index (χ1n) is 8.32. The molecule has 0 saturated heterocycles. The maximum atomic E-state index is 13.4. The van der Waals surface area contributed by atoms with Crippen LogP contribution in [0.15, 0.2) is 60.9 Å². The van der Waals surface area contributed by atoms with Crippen molar-refractivity contribution in [3.63, 3.8) is 0 Å². The van der Waals surface area contributed by atoms with Crippen molar-refractivity contribution >= 4 is 17.5 Å². The van der Waals surface area contributed by atoms with E-state index in [4.69, 9.17) is 0 Å². The van der Waals surface area contributed by atoms with Gasteiger partial charge in [-0.1, -0.05) is 30.3 Å². The highest BCUT2D eigenvalue weighted by Gasteiger charge is 2.23. The van der Waals surface area contributed by atoms with Gasteiger partial charge in [0, 0.05) is 25.2 Å². The Bertz CT molecular complexity index is 1120. The van der Waals surface area contributed by atoms with Crippen LogP contribution in [-0.4, -0.2) is 39.2 Å². The molecule has 0 atom stereocenters. The summed E-state index contributed by atoms with van der Waals surface area (Å²) in [6.07, 6.45) is 1.54. The number of nitrogens with zero attached hydrogens (tertiary/aromatic N) is 5. The van der Waals surface area contributed by atoms with Crippen LogP contribution in [0.4, 0.5) is 10.3 Å². The van der Waals surface area contributed by atoms with Gasteiger partial charge < -0.3 is 4.90 Å². The Labute approximate surface area is 155 Å². The van der Waals surface area contributed by atoms with E-state index >= 15 is 0 Å². The highest BCUT2D eigenvalue weighted by molar-refractivity contribution is 6.11. The van der Waals surface area contributed by atoms with Gasteiger partial charge in [-0.05, 0) is 24.3 Å². The Balaban J connectivity index is 1.97. The third kappa shape index (κ3) is 3.03. The zero-order chi connectivity index (χ0) is 19.0. The minimum atomic E-state index is -0.354. The predicted molar refractivity (Wildman–Crippen MR) is 100 cm³/mol. The summed E-state index contributed by atoms with van der Waals surface area (Å²) >= 11 is 0. The van der Waals surface area contributed by atoms with Crippen LogP contribution in [0.1, 0.15) is 16.1 Å². The van der Waals surface area contributed by atoms with E-state index in [9.17, 15) is 9.18 Å². The van der Waals surface area contributed by atoms with Crippen molar-refractivity contribution in [2.45, 2.75) is 0 Å². The first kappa shape index (κ1) is 16.8. The molecule has 0 radical (unpaired) electrons. The summed E-state index contributed by atoms with van der Waals surface area (Å²) in [4.78, 5) is 28.2.